The highest BCUT2D eigenvalue weighted by Crippen LogP contribution is 2.23. The maximum atomic E-state index is 11.5. The summed E-state index contributed by atoms with van der Waals surface area (Å²) >= 11 is 0. The van der Waals surface area contributed by atoms with Crippen molar-refractivity contribution < 1.29 is 19.8 Å². The first-order valence-corrected chi connectivity index (χ1v) is 7.71. The van der Waals surface area contributed by atoms with Crippen LogP contribution in [0.25, 0.3) is 11.1 Å². The molecule has 0 heterocycles. The van der Waals surface area contributed by atoms with E-state index >= 15 is 0 Å². The van der Waals surface area contributed by atoms with Gasteiger partial charge in [0.1, 0.15) is 0 Å². The van der Waals surface area contributed by atoms with E-state index < -0.39 is 11.9 Å². The van der Waals surface area contributed by atoms with Gasteiger partial charge in [0, 0.05) is 6.42 Å². The average molecular weight is 312 g/mol. The van der Waals surface area contributed by atoms with Gasteiger partial charge in [-0.2, -0.15) is 0 Å². The lowest BCUT2D eigenvalue weighted by molar-refractivity contribution is -0.137. The van der Waals surface area contributed by atoms with Gasteiger partial charge in [0.05, 0.1) is 5.56 Å². The lowest BCUT2D eigenvalue weighted by Crippen LogP contribution is -2.03. The molecule has 0 unspecified atom stereocenters. The Kier molecular flexibility index (Phi) is 5.92. The number of unbranched alkanes of at least 4 members (excludes halogenated alkanes) is 2. The summed E-state index contributed by atoms with van der Waals surface area (Å²) in [5, 5.41) is 18.0. The molecular formula is C19H20O4. The fraction of sp³-hybridized carbons (Fsp3) is 0.263. The molecule has 2 aromatic rings. The van der Waals surface area contributed by atoms with E-state index in [1.165, 1.54) is 0 Å². The van der Waals surface area contributed by atoms with E-state index in [4.69, 9.17) is 5.11 Å². The highest BCUT2D eigenvalue weighted by Gasteiger charge is 2.11. The Morgan fingerprint density at radius 1 is 0.826 bits per heavy atom. The summed E-state index contributed by atoms with van der Waals surface area (Å²) in [7, 11) is 0. The Morgan fingerprint density at radius 3 is 2.22 bits per heavy atom. The van der Waals surface area contributed by atoms with Gasteiger partial charge in [-0.25, -0.2) is 4.79 Å². The summed E-state index contributed by atoms with van der Waals surface area (Å²) in [6, 6.07) is 15.2. The second-order valence-corrected chi connectivity index (χ2v) is 5.50. The number of benzene rings is 2. The van der Waals surface area contributed by atoms with E-state index in [-0.39, 0.29) is 6.42 Å². The quantitative estimate of drug-likeness (QED) is 0.715. The molecule has 2 N–H and O–H groups in total. The third-order valence-electron chi connectivity index (χ3n) is 3.78. The van der Waals surface area contributed by atoms with Crippen LogP contribution in [0, 0.1) is 0 Å². The molecule has 2 rings (SSSR count). The summed E-state index contributed by atoms with van der Waals surface area (Å²) < 4.78 is 0. The lowest BCUT2D eigenvalue weighted by atomic mass is 9.96. The molecule has 0 saturated heterocycles. The second-order valence-electron chi connectivity index (χ2n) is 5.50. The molecule has 0 amide bonds. The van der Waals surface area contributed by atoms with E-state index in [1.54, 1.807) is 6.07 Å². The standard InChI is InChI=1S/C19H20O4/c20-18(21)10-6-2-5-9-15-11-12-16(13-17(15)19(22)23)14-7-3-1-4-8-14/h1,3-4,7-8,11-13H,2,5-6,9-10H2,(H,20,21)(H,22,23). The van der Waals surface area contributed by atoms with Crippen LogP contribution in [-0.4, -0.2) is 22.2 Å². The van der Waals surface area contributed by atoms with Gasteiger partial charge in [0.15, 0.2) is 0 Å². The van der Waals surface area contributed by atoms with Crippen LogP contribution < -0.4 is 0 Å². The third kappa shape index (κ3) is 4.95. The minimum Gasteiger partial charge on any atom is -0.481 e. The number of aryl methyl sites for hydroxylation is 1. The molecule has 0 radical (unpaired) electrons. The number of carboxylic acid groups (broad SMARTS) is 2. The molecule has 0 fully saturated rings. The predicted octanol–water partition coefficient (Wildman–Crippen LogP) is 4.24. The summed E-state index contributed by atoms with van der Waals surface area (Å²) in [6.07, 6.45) is 3.01. The molecule has 0 aromatic heterocycles. The highest BCUT2D eigenvalue weighted by molar-refractivity contribution is 5.91. The number of hydrogen-bond acceptors (Lipinski definition) is 2. The monoisotopic (exact) mass is 312 g/mol. The van der Waals surface area contributed by atoms with Crippen molar-refractivity contribution in [3.8, 4) is 11.1 Å². The van der Waals surface area contributed by atoms with Crippen LogP contribution in [0.1, 0.15) is 41.6 Å². The average Bonchev–Trinajstić information content (AvgIpc) is 2.55. The van der Waals surface area contributed by atoms with Gasteiger partial charge in [-0.05, 0) is 42.0 Å². The minimum absolute atomic E-state index is 0.165. The van der Waals surface area contributed by atoms with Gasteiger partial charge in [0.25, 0.3) is 0 Å². The first-order chi connectivity index (χ1) is 11.1. The van der Waals surface area contributed by atoms with Crippen LogP contribution in [0.15, 0.2) is 48.5 Å². The Balaban J connectivity index is 2.08. The molecule has 4 heteroatoms. The van der Waals surface area contributed by atoms with E-state index in [1.807, 2.05) is 42.5 Å². The van der Waals surface area contributed by atoms with Crippen molar-refractivity contribution in [2.45, 2.75) is 32.1 Å². The summed E-state index contributed by atoms with van der Waals surface area (Å²) in [5.41, 5.74) is 3.00. The van der Waals surface area contributed by atoms with Crippen molar-refractivity contribution in [1.82, 2.24) is 0 Å². The van der Waals surface area contributed by atoms with E-state index in [9.17, 15) is 14.7 Å². The topological polar surface area (TPSA) is 74.6 Å². The fourth-order valence-electron chi connectivity index (χ4n) is 2.57. The number of rotatable bonds is 8. The van der Waals surface area contributed by atoms with E-state index in [0.29, 0.717) is 18.4 Å². The molecule has 0 atom stereocenters. The first-order valence-electron chi connectivity index (χ1n) is 7.71. The van der Waals surface area contributed by atoms with Gasteiger partial charge in [-0.3, -0.25) is 4.79 Å². The molecule has 23 heavy (non-hydrogen) atoms. The Hall–Kier alpha value is -2.62. The molecule has 0 aliphatic rings. The third-order valence-corrected chi connectivity index (χ3v) is 3.78. The van der Waals surface area contributed by atoms with Gasteiger partial charge >= 0.3 is 11.9 Å². The highest BCUT2D eigenvalue weighted by atomic mass is 16.4. The van der Waals surface area contributed by atoms with E-state index in [2.05, 4.69) is 0 Å². The van der Waals surface area contributed by atoms with Crippen LogP contribution in [-0.2, 0) is 11.2 Å². The number of carbonyl (C=O) groups is 2. The van der Waals surface area contributed by atoms with Crippen molar-refractivity contribution >= 4 is 11.9 Å². The van der Waals surface area contributed by atoms with Crippen molar-refractivity contribution in [3.05, 3.63) is 59.7 Å². The molecule has 0 bridgehead atoms. The van der Waals surface area contributed by atoms with Crippen LogP contribution in [0.5, 0.6) is 0 Å². The van der Waals surface area contributed by atoms with Crippen molar-refractivity contribution in [2.75, 3.05) is 0 Å². The number of hydrogen-bond donors (Lipinski definition) is 2. The smallest absolute Gasteiger partial charge is 0.335 e. The number of carboxylic acids is 2. The maximum absolute atomic E-state index is 11.5. The normalized spacial score (nSPS) is 10.4. The lowest BCUT2D eigenvalue weighted by Gasteiger charge is -2.09. The molecule has 0 saturated carbocycles. The summed E-state index contributed by atoms with van der Waals surface area (Å²) in [4.78, 5) is 22.0. The van der Waals surface area contributed by atoms with Crippen LogP contribution in [0.3, 0.4) is 0 Å². The Morgan fingerprint density at radius 2 is 1.57 bits per heavy atom. The molecule has 0 aliphatic carbocycles. The van der Waals surface area contributed by atoms with Crippen LogP contribution in [0.2, 0.25) is 0 Å². The molecule has 2 aromatic carbocycles. The zero-order chi connectivity index (χ0) is 16.7. The SMILES string of the molecule is O=C(O)CCCCCc1ccc(-c2ccccc2)cc1C(=O)O. The van der Waals surface area contributed by atoms with Crippen LogP contribution >= 0.6 is 0 Å². The zero-order valence-electron chi connectivity index (χ0n) is 12.9. The van der Waals surface area contributed by atoms with Gasteiger partial charge < -0.3 is 10.2 Å². The largest absolute Gasteiger partial charge is 0.481 e. The molecule has 0 spiro atoms. The minimum atomic E-state index is -0.927. The number of aliphatic carboxylic acids is 1. The molecule has 120 valence electrons. The maximum Gasteiger partial charge on any atom is 0.335 e. The summed E-state index contributed by atoms with van der Waals surface area (Å²) in [6.45, 7) is 0. The molecule has 4 nitrogen and oxygen atoms in total. The van der Waals surface area contributed by atoms with Gasteiger partial charge in [0.2, 0.25) is 0 Å². The predicted molar refractivity (Wildman–Crippen MR) is 88.6 cm³/mol. The van der Waals surface area contributed by atoms with Gasteiger partial charge in [-0.1, -0.05) is 48.9 Å². The number of aromatic carboxylic acids is 1. The van der Waals surface area contributed by atoms with Crippen molar-refractivity contribution in [2.24, 2.45) is 0 Å². The summed E-state index contributed by atoms with van der Waals surface area (Å²) in [5.74, 6) is -1.72. The molecular weight excluding hydrogens is 292 g/mol. The first kappa shape index (κ1) is 16.7. The fourth-order valence-corrected chi connectivity index (χ4v) is 2.57. The van der Waals surface area contributed by atoms with Gasteiger partial charge in [-0.15, -0.1) is 0 Å². The zero-order valence-corrected chi connectivity index (χ0v) is 12.9. The van der Waals surface area contributed by atoms with Crippen molar-refractivity contribution in [3.63, 3.8) is 0 Å². The molecule has 0 aliphatic heterocycles. The second kappa shape index (κ2) is 8.13. The van der Waals surface area contributed by atoms with E-state index in [0.717, 1.165) is 29.5 Å². The van der Waals surface area contributed by atoms with Crippen LogP contribution in [0.4, 0.5) is 0 Å². The Labute approximate surface area is 135 Å². The Bertz CT molecular complexity index is 677. The van der Waals surface area contributed by atoms with Crippen molar-refractivity contribution in [1.29, 1.82) is 0 Å².